The monoisotopic (exact) mass is 1460 g/mol. The molecule has 88 heavy (non-hydrogen) atoms. The first-order valence-corrected chi connectivity index (χ1v) is 40.3. The van der Waals surface area contributed by atoms with Crippen LogP contribution >= 0.6 is 175 Å². The maximum Gasteiger partial charge on any atom is 0.339 e. The van der Waals surface area contributed by atoms with Crippen LogP contribution in [0.5, 0.6) is 5.06 Å². The second-order valence-corrected chi connectivity index (χ2v) is 37.2. The second-order valence-electron chi connectivity index (χ2n) is 18.3. The van der Waals surface area contributed by atoms with Crippen LogP contribution in [0.2, 0.25) is 0 Å². The number of halogens is 4. The highest BCUT2D eigenvalue weighted by Crippen LogP contribution is 2.61. The fourth-order valence-corrected chi connectivity index (χ4v) is 20.4. The molecule has 6 nitrogen and oxygen atoms in total. The van der Waals surface area contributed by atoms with Gasteiger partial charge in [0.1, 0.15) is 6.07 Å². The Bertz CT molecular complexity index is 4280. The van der Waals surface area contributed by atoms with Gasteiger partial charge >= 0.3 is 5.20 Å². The number of nitriles is 2. The van der Waals surface area contributed by atoms with E-state index >= 15 is 0 Å². The molecule has 0 saturated heterocycles. The second kappa shape index (κ2) is 34.3. The SMILES string of the molecule is COc1cc(C)c(-c2ccc(-c3sc(C=O)cc3C)s2)s1.Cc1ccsc1-c1ccc(-c2sccc2C)s1.N#CCc1cccs1.O=P(Cl)(Cl)Cl.[2H]CF.[C-]#[N+]/C(=C\c1cc(C)c(-c2ccc(-c3sc(/C=C(\C#N)c4cccs4)cc3C)s2)s1)c1cccs1. The van der Waals surface area contributed by atoms with Crippen molar-refractivity contribution in [2.75, 3.05) is 14.3 Å². The Morgan fingerprint density at radius 3 is 1.34 bits per heavy atom. The van der Waals surface area contributed by atoms with Crippen LogP contribution in [0.1, 0.15) is 68.8 Å². The molecule has 0 N–H and O–H groups in total. The van der Waals surface area contributed by atoms with E-state index < -0.39 is 12.4 Å². The van der Waals surface area contributed by atoms with Gasteiger partial charge in [0, 0.05) is 78.0 Å². The molecule has 0 aliphatic heterocycles. The lowest BCUT2D eigenvalue weighted by Gasteiger charge is -1.96. The average Bonchev–Trinajstić information content (AvgIpc) is 1.82. The maximum absolute atomic E-state index is 10.9. The number of hydrogen-bond acceptors (Lipinski definition) is 17. The van der Waals surface area contributed by atoms with Crippen molar-refractivity contribution in [2.45, 2.75) is 48.0 Å². The molecular formula is C65H52Cl3FN3O3PS12. The minimum Gasteiger partial charge on any atom is -0.487 e. The Balaban J connectivity index is 0.000000177. The standard InChI is InChI=1S/C28H18N2S5.C16H14O2S3.C14H12S3.C6H5NS.CH3F.Cl3OP/c1-17-12-20(14-19(16-29)23-6-4-10-31-23)33-27(17)25-8-9-26(35-25)28-18(2)13-21(34-28)15-22(30-3)24-7-5-11-32-24;1-9-6-11(8-17)19-15(9)12-4-5-13(20-12)16-10(2)7-14(18-3)21-16;1-9-5-7-15-13(9)11-3-4-12(17-11)14-10(2)6-8-16-14;7-4-3-6-2-1-5-8-6;1-2;1-5(2,3)4/h4-15H,1-2H3;4-8H,1-3H3;3-8H,1-2H3;1-2,5H,3H2;1H3;/b19-14+,22-15-;;;;;/i;;;;1D;. The molecule has 0 atom stereocenters. The van der Waals surface area contributed by atoms with Crippen LogP contribution in [0.25, 0.3) is 86.8 Å². The molecule has 0 saturated carbocycles. The molecular weight excluding hydrogens is 1410 g/mol. The number of aldehydes is 1. The summed E-state index contributed by atoms with van der Waals surface area (Å²) < 4.78 is 30.3. The van der Waals surface area contributed by atoms with E-state index in [0.717, 1.165) is 46.2 Å². The molecule has 0 unspecified atom stereocenters. The molecule has 0 radical (unpaired) electrons. The van der Waals surface area contributed by atoms with Crippen LogP contribution in [-0.2, 0) is 11.0 Å². The first-order valence-electron chi connectivity index (χ1n) is 26.5. The lowest BCUT2D eigenvalue weighted by Crippen LogP contribution is -1.73. The van der Waals surface area contributed by atoms with Crippen LogP contribution in [0, 0.1) is 70.8 Å². The number of hydrogen-bond donors (Lipinski definition) is 0. The first kappa shape index (κ1) is 68.8. The van der Waals surface area contributed by atoms with E-state index in [2.05, 4.69) is 170 Å². The van der Waals surface area contributed by atoms with Gasteiger partial charge in [-0.25, -0.2) is 4.85 Å². The third-order valence-corrected chi connectivity index (χ3v) is 25.9. The molecule has 12 aromatic heterocycles. The van der Waals surface area contributed by atoms with Gasteiger partial charge in [-0.05, 0) is 233 Å². The Kier molecular flexibility index (Phi) is 26.8. The fraction of sp³-hybridized carbons (Fsp3) is 0.138. The molecule has 12 rings (SSSR count). The summed E-state index contributed by atoms with van der Waals surface area (Å²) in [5.74, 6) is 0. The van der Waals surface area contributed by atoms with E-state index in [1.165, 1.54) is 86.3 Å². The van der Waals surface area contributed by atoms with E-state index in [9.17, 15) is 19.0 Å². The quantitative estimate of drug-likeness (QED) is 0.0496. The van der Waals surface area contributed by atoms with Gasteiger partial charge in [0.15, 0.2) is 11.3 Å². The largest absolute Gasteiger partial charge is 0.487 e. The first-order chi connectivity index (χ1) is 42.8. The minimum atomic E-state index is -3.22. The van der Waals surface area contributed by atoms with Gasteiger partial charge in [-0.1, -0.05) is 35.6 Å². The molecule has 0 amide bonds. The molecule has 0 spiro atoms. The number of carbonyl (C=O) groups excluding carboxylic acids is 1. The fourth-order valence-electron chi connectivity index (χ4n) is 8.19. The molecule has 450 valence electrons. The molecule has 0 aliphatic carbocycles. The van der Waals surface area contributed by atoms with Gasteiger partial charge in [0.25, 0.3) is 0 Å². The van der Waals surface area contributed by atoms with Crippen molar-refractivity contribution in [1.29, 1.82) is 10.5 Å². The molecule has 23 heteroatoms. The normalized spacial score (nSPS) is 11.1. The van der Waals surface area contributed by atoms with Gasteiger partial charge in [0.05, 0.1) is 50.0 Å². The third kappa shape index (κ3) is 19.7. The van der Waals surface area contributed by atoms with Crippen molar-refractivity contribution in [3.63, 3.8) is 0 Å². The van der Waals surface area contributed by atoms with Gasteiger partial charge < -0.3 is 4.74 Å². The number of ether oxygens (including phenoxy) is 1. The zero-order chi connectivity index (χ0) is 64.2. The highest BCUT2D eigenvalue weighted by atomic mass is 36.0. The third-order valence-electron chi connectivity index (χ3n) is 12.1. The van der Waals surface area contributed by atoms with Crippen molar-refractivity contribution >= 4 is 205 Å². The minimum absolute atomic E-state index is 0.553. The summed E-state index contributed by atoms with van der Waals surface area (Å²) >= 11 is 34.5. The Morgan fingerprint density at radius 1 is 0.568 bits per heavy atom. The highest BCUT2D eigenvalue weighted by Gasteiger charge is 2.18. The van der Waals surface area contributed by atoms with Crippen LogP contribution < -0.4 is 4.74 Å². The Morgan fingerprint density at radius 2 is 0.977 bits per heavy atom. The van der Waals surface area contributed by atoms with E-state index in [0.29, 0.717) is 17.7 Å². The van der Waals surface area contributed by atoms with E-state index in [4.69, 9.17) is 17.9 Å². The number of carbonyl (C=O) groups is 1. The van der Waals surface area contributed by atoms with Gasteiger partial charge in [0.2, 0.25) is 5.70 Å². The van der Waals surface area contributed by atoms with Crippen LogP contribution in [0.15, 0.2) is 136 Å². The summed E-state index contributed by atoms with van der Waals surface area (Å²) in [6.45, 7) is 20.4. The number of rotatable bonds is 13. The molecule has 0 bridgehead atoms. The number of methoxy groups -OCH3 is 1. The molecule has 12 aromatic rings. The summed E-state index contributed by atoms with van der Waals surface area (Å²) in [6, 6.07) is 42.2. The number of allylic oxidation sites excluding steroid dienone is 1. The summed E-state index contributed by atoms with van der Waals surface area (Å²) in [5, 5.41) is 25.8. The smallest absolute Gasteiger partial charge is 0.339 e. The summed E-state index contributed by atoms with van der Waals surface area (Å²) in [5.41, 5.74) is 9.01. The molecule has 12 heterocycles. The van der Waals surface area contributed by atoms with E-state index in [1.807, 2.05) is 105 Å². The molecule has 0 fully saturated rings. The van der Waals surface area contributed by atoms with Crippen molar-refractivity contribution in [1.82, 2.24) is 0 Å². The van der Waals surface area contributed by atoms with Crippen LogP contribution in [0.4, 0.5) is 4.39 Å². The topological polar surface area (TPSA) is 95.3 Å². The average molecular weight is 1470 g/mol. The number of thiophene rings is 12. The lowest BCUT2D eigenvalue weighted by atomic mass is 10.2. The predicted molar refractivity (Wildman–Crippen MR) is 396 cm³/mol. The number of nitrogens with zero attached hydrogens (tertiary/aromatic N) is 3. The van der Waals surface area contributed by atoms with Crippen LogP contribution in [-0.4, -0.2) is 20.5 Å². The van der Waals surface area contributed by atoms with Gasteiger partial charge in [-0.3, -0.25) is 13.8 Å². The summed E-state index contributed by atoms with van der Waals surface area (Å²) in [7, 11) is 0.699. The summed E-state index contributed by atoms with van der Waals surface area (Å²) in [4.78, 5) is 36.3. The van der Waals surface area contributed by atoms with Crippen LogP contribution in [0.3, 0.4) is 0 Å². The highest BCUT2D eigenvalue weighted by molar-refractivity contribution is 8.24. The summed E-state index contributed by atoms with van der Waals surface area (Å²) in [6.07, 6.45) is 5.46. The predicted octanol–water partition coefficient (Wildman–Crippen LogP) is 27.1. The van der Waals surface area contributed by atoms with Crippen molar-refractivity contribution < 1.29 is 19.9 Å². The van der Waals surface area contributed by atoms with Crippen molar-refractivity contribution in [3.8, 4) is 75.7 Å². The number of aryl methyl sites for hydroxylation is 6. The molecule has 0 aliphatic rings. The Labute approximate surface area is 576 Å². The molecule has 0 aromatic carbocycles. The Hall–Kier alpha value is -5.15. The maximum atomic E-state index is 10.9. The van der Waals surface area contributed by atoms with Gasteiger partial charge in [-0.2, -0.15) is 21.9 Å². The van der Waals surface area contributed by atoms with Crippen molar-refractivity contribution in [2.24, 2.45) is 0 Å². The van der Waals surface area contributed by atoms with E-state index in [-0.39, 0.29) is 0 Å². The number of alkyl halides is 1. The zero-order valence-corrected chi connectivity index (χ0v) is 60.8. The van der Waals surface area contributed by atoms with Crippen molar-refractivity contribution in [3.05, 3.63) is 210 Å². The van der Waals surface area contributed by atoms with E-state index in [1.54, 1.807) is 109 Å². The lowest BCUT2D eigenvalue weighted by molar-refractivity contribution is 0.112. The zero-order valence-electron chi connectivity index (χ0n) is 48.8. The van der Waals surface area contributed by atoms with Gasteiger partial charge in [-0.15, -0.1) is 113 Å².